The maximum absolute atomic E-state index is 6.11. The number of rotatable bonds is 8. The maximum atomic E-state index is 6.11. The standard InChI is InChI=1S/C28H29N3O/c1-3-9-22(10-4-1)17-29-21-32-20-26-24-13-7-8-14-27(24)30-28-15-16-31(19-25(26)28)18-23-11-5-2-6-12-23/h1-14,29H,15-21H2. The van der Waals surface area contributed by atoms with Gasteiger partial charge in [-0.25, -0.2) is 0 Å². The number of aromatic nitrogens is 1. The fraction of sp³-hybridized carbons (Fsp3) is 0.250. The fourth-order valence-corrected chi connectivity index (χ4v) is 4.49. The van der Waals surface area contributed by atoms with E-state index >= 15 is 0 Å². The minimum Gasteiger partial charge on any atom is -0.362 e. The summed E-state index contributed by atoms with van der Waals surface area (Å²) in [5.41, 5.74) is 7.54. The minimum atomic E-state index is 0.522. The van der Waals surface area contributed by atoms with Gasteiger partial charge >= 0.3 is 0 Å². The summed E-state index contributed by atoms with van der Waals surface area (Å²) in [5, 5.41) is 4.60. The summed E-state index contributed by atoms with van der Waals surface area (Å²) in [6, 6.07) is 29.6. The van der Waals surface area contributed by atoms with Crippen molar-refractivity contribution in [3.8, 4) is 0 Å². The van der Waals surface area contributed by atoms with Crippen LogP contribution in [-0.4, -0.2) is 23.2 Å². The van der Waals surface area contributed by atoms with Crippen LogP contribution < -0.4 is 5.32 Å². The number of para-hydroxylation sites is 1. The van der Waals surface area contributed by atoms with Crippen molar-refractivity contribution >= 4 is 10.9 Å². The summed E-state index contributed by atoms with van der Waals surface area (Å²) >= 11 is 0. The lowest BCUT2D eigenvalue weighted by Crippen LogP contribution is -2.31. The highest BCUT2D eigenvalue weighted by Gasteiger charge is 2.22. The second-order valence-electron chi connectivity index (χ2n) is 8.38. The molecule has 1 aliphatic rings. The zero-order valence-corrected chi connectivity index (χ0v) is 18.3. The van der Waals surface area contributed by atoms with Gasteiger partial charge in [0.25, 0.3) is 0 Å². The summed E-state index contributed by atoms with van der Waals surface area (Å²) in [4.78, 5) is 7.52. The van der Waals surface area contributed by atoms with Gasteiger partial charge in [0.1, 0.15) is 0 Å². The number of ether oxygens (including phenoxy) is 1. The van der Waals surface area contributed by atoms with Crippen molar-refractivity contribution in [1.29, 1.82) is 0 Å². The Kier molecular flexibility index (Phi) is 6.54. The van der Waals surface area contributed by atoms with Crippen LogP contribution in [0.2, 0.25) is 0 Å². The zero-order valence-electron chi connectivity index (χ0n) is 18.3. The Bertz CT molecular complexity index is 1160. The third-order valence-electron chi connectivity index (χ3n) is 6.12. The molecule has 162 valence electrons. The van der Waals surface area contributed by atoms with E-state index in [1.165, 1.54) is 33.3 Å². The number of pyridine rings is 1. The zero-order chi connectivity index (χ0) is 21.6. The molecule has 0 bridgehead atoms. The van der Waals surface area contributed by atoms with Gasteiger partial charge in [-0.05, 0) is 28.3 Å². The summed E-state index contributed by atoms with van der Waals surface area (Å²) in [6.45, 7) is 4.83. The molecule has 1 N–H and O–H groups in total. The van der Waals surface area contributed by atoms with Crippen molar-refractivity contribution in [2.75, 3.05) is 13.3 Å². The van der Waals surface area contributed by atoms with Crippen molar-refractivity contribution in [1.82, 2.24) is 15.2 Å². The summed E-state index contributed by atoms with van der Waals surface area (Å²) in [5.74, 6) is 0. The highest BCUT2D eigenvalue weighted by molar-refractivity contribution is 5.83. The van der Waals surface area contributed by atoms with Gasteiger partial charge in [0.05, 0.1) is 18.9 Å². The predicted molar refractivity (Wildman–Crippen MR) is 129 cm³/mol. The van der Waals surface area contributed by atoms with Gasteiger partial charge in [0.15, 0.2) is 0 Å². The lowest BCUT2D eigenvalue weighted by Gasteiger charge is -2.30. The average Bonchev–Trinajstić information content (AvgIpc) is 2.85. The highest BCUT2D eigenvalue weighted by Crippen LogP contribution is 2.29. The number of fused-ring (bicyclic) bond motifs is 2. The Labute approximate surface area is 189 Å². The summed E-state index contributed by atoms with van der Waals surface area (Å²) in [7, 11) is 0. The molecule has 1 aromatic heterocycles. The molecule has 4 aromatic rings. The van der Waals surface area contributed by atoms with Crippen LogP contribution in [0, 0.1) is 0 Å². The topological polar surface area (TPSA) is 37.4 Å². The molecule has 3 aromatic carbocycles. The molecular weight excluding hydrogens is 394 g/mol. The van der Waals surface area contributed by atoms with Crippen LogP contribution in [0.25, 0.3) is 10.9 Å². The largest absolute Gasteiger partial charge is 0.362 e. The van der Waals surface area contributed by atoms with Crippen LogP contribution in [0.3, 0.4) is 0 Å². The summed E-state index contributed by atoms with van der Waals surface area (Å²) in [6.07, 6.45) is 0.978. The van der Waals surface area contributed by atoms with Crippen molar-refractivity contribution in [2.24, 2.45) is 0 Å². The van der Waals surface area contributed by atoms with E-state index in [2.05, 4.69) is 89.1 Å². The molecule has 0 unspecified atom stereocenters. The third kappa shape index (κ3) is 4.89. The molecule has 4 nitrogen and oxygen atoms in total. The molecule has 0 radical (unpaired) electrons. The molecule has 0 aliphatic carbocycles. The van der Waals surface area contributed by atoms with Crippen LogP contribution in [0.15, 0.2) is 84.9 Å². The number of hydrogen-bond donors (Lipinski definition) is 1. The molecule has 5 rings (SSSR count). The smallest absolute Gasteiger partial charge is 0.0972 e. The Morgan fingerprint density at radius 1 is 0.844 bits per heavy atom. The lowest BCUT2D eigenvalue weighted by atomic mass is 9.96. The lowest BCUT2D eigenvalue weighted by molar-refractivity contribution is 0.102. The van der Waals surface area contributed by atoms with Gasteiger partial charge in [0, 0.05) is 43.7 Å². The van der Waals surface area contributed by atoms with Crippen LogP contribution in [0.4, 0.5) is 0 Å². The van der Waals surface area contributed by atoms with Crippen molar-refractivity contribution in [3.05, 3.63) is 113 Å². The molecule has 0 saturated carbocycles. The van der Waals surface area contributed by atoms with E-state index in [0.717, 1.165) is 38.1 Å². The average molecular weight is 424 g/mol. The second kappa shape index (κ2) is 10.0. The van der Waals surface area contributed by atoms with Gasteiger partial charge in [-0.2, -0.15) is 0 Å². The highest BCUT2D eigenvalue weighted by atomic mass is 16.5. The van der Waals surface area contributed by atoms with E-state index in [-0.39, 0.29) is 0 Å². The first-order valence-electron chi connectivity index (χ1n) is 11.3. The van der Waals surface area contributed by atoms with Gasteiger partial charge in [-0.15, -0.1) is 0 Å². The van der Waals surface area contributed by atoms with Crippen LogP contribution in [-0.2, 0) is 37.4 Å². The Morgan fingerprint density at radius 2 is 1.56 bits per heavy atom. The quantitative estimate of drug-likeness (QED) is 0.318. The van der Waals surface area contributed by atoms with Crippen LogP contribution in [0.5, 0.6) is 0 Å². The van der Waals surface area contributed by atoms with Crippen molar-refractivity contribution in [2.45, 2.75) is 32.7 Å². The molecule has 0 fully saturated rings. The molecule has 0 atom stereocenters. The molecular formula is C28H29N3O. The Balaban J connectivity index is 1.31. The molecule has 1 aliphatic heterocycles. The predicted octanol–water partition coefficient (Wildman–Crippen LogP) is 5.06. The third-order valence-corrected chi connectivity index (χ3v) is 6.12. The van der Waals surface area contributed by atoms with Crippen LogP contribution >= 0.6 is 0 Å². The number of benzene rings is 3. The van der Waals surface area contributed by atoms with E-state index in [1.54, 1.807) is 0 Å². The number of hydrogen-bond acceptors (Lipinski definition) is 4. The first-order chi connectivity index (χ1) is 15.9. The molecule has 0 amide bonds. The molecule has 32 heavy (non-hydrogen) atoms. The molecule has 4 heteroatoms. The Morgan fingerprint density at radius 3 is 2.38 bits per heavy atom. The van der Waals surface area contributed by atoms with E-state index < -0.39 is 0 Å². The first-order valence-corrected chi connectivity index (χ1v) is 11.3. The fourth-order valence-electron chi connectivity index (χ4n) is 4.49. The van der Waals surface area contributed by atoms with Gasteiger partial charge < -0.3 is 4.74 Å². The van der Waals surface area contributed by atoms with Crippen molar-refractivity contribution in [3.63, 3.8) is 0 Å². The SMILES string of the molecule is c1ccc(CNCOCc2c3c(nc4ccccc24)CCN(Cc2ccccc2)C3)cc1. The van der Waals surface area contributed by atoms with Gasteiger partial charge in [-0.1, -0.05) is 78.9 Å². The molecule has 0 spiro atoms. The molecule has 2 heterocycles. The first kappa shape index (κ1) is 20.8. The van der Waals surface area contributed by atoms with E-state index in [1.807, 2.05) is 6.07 Å². The number of nitrogens with zero attached hydrogens (tertiary/aromatic N) is 2. The van der Waals surface area contributed by atoms with Gasteiger partial charge in [0.2, 0.25) is 0 Å². The maximum Gasteiger partial charge on any atom is 0.0972 e. The van der Waals surface area contributed by atoms with E-state index in [4.69, 9.17) is 9.72 Å². The molecule has 0 saturated heterocycles. The second-order valence-corrected chi connectivity index (χ2v) is 8.38. The minimum absolute atomic E-state index is 0.522. The van der Waals surface area contributed by atoms with E-state index in [9.17, 15) is 0 Å². The van der Waals surface area contributed by atoms with Crippen LogP contribution in [0.1, 0.15) is 27.9 Å². The number of nitrogens with one attached hydrogen (secondary N) is 1. The summed E-state index contributed by atoms with van der Waals surface area (Å²) < 4.78 is 6.11. The van der Waals surface area contributed by atoms with E-state index in [0.29, 0.717) is 13.3 Å². The van der Waals surface area contributed by atoms with Gasteiger partial charge in [-0.3, -0.25) is 15.2 Å². The normalized spacial score (nSPS) is 13.9. The monoisotopic (exact) mass is 423 g/mol. The van der Waals surface area contributed by atoms with Crippen molar-refractivity contribution < 1.29 is 4.74 Å². The Hall–Kier alpha value is -3.05.